The van der Waals surface area contributed by atoms with E-state index in [1.807, 2.05) is 30.3 Å². The van der Waals surface area contributed by atoms with E-state index in [0.717, 1.165) is 31.2 Å². The number of hydrogen-bond acceptors (Lipinski definition) is 5. The van der Waals surface area contributed by atoms with Gasteiger partial charge in [0.2, 0.25) is 11.8 Å². The summed E-state index contributed by atoms with van der Waals surface area (Å²) in [6.07, 6.45) is 10.8. The Hall–Kier alpha value is -3.34. The number of unbranched alkanes of at least 4 members (excludes halogenated alkanes) is 2. The maximum Gasteiger partial charge on any atom is 0.275 e. The van der Waals surface area contributed by atoms with Gasteiger partial charge in [0.25, 0.3) is 5.56 Å². The van der Waals surface area contributed by atoms with Crippen molar-refractivity contribution in [3.8, 4) is 11.9 Å². The molecule has 34 heavy (non-hydrogen) atoms. The van der Waals surface area contributed by atoms with Crippen molar-refractivity contribution in [1.82, 2.24) is 18.9 Å². The molecule has 8 heteroatoms. The number of carbonyl (C=O) groups excluding carboxylic acids is 1. The van der Waals surface area contributed by atoms with Crippen LogP contribution in [0.3, 0.4) is 0 Å². The van der Waals surface area contributed by atoms with Crippen molar-refractivity contribution < 1.29 is 9.53 Å². The number of ether oxygens (including phenoxy) is 1. The Morgan fingerprint density at radius 1 is 1.18 bits per heavy atom. The van der Waals surface area contributed by atoms with Gasteiger partial charge in [-0.05, 0) is 50.3 Å². The molecule has 4 rings (SSSR count). The van der Waals surface area contributed by atoms with E-state index in [2.05, 4.69) is 11.1 Å². The molecule has 1 aliphatic rings. The highest BCUT2D eigenvalue weighted by Crippen LogP contribution is 2.22. The summed E-state index contributed by atoms with van der Waals surface area (Å²) in [6.45, 7) is 0.947. The normalized spacial score (nSPS) is 14.4. The Morgan fingerprint density at radius 3 is 2.79 bits per heavy atom. The van der Waals surface area contributed by atoms with Crippen molar-refractivity contribution in [1.29, 1.82) is 5.26 Å². The van der Waals surface area contributed by atoms with Gasteiger partial charge in [0, 0.05) is 44.7 Å². The number of fused-ring (bicyclic) bond motifs is 3. The molecule has 3 heterocycles. The standard InChI is InChI=1S/C26H33N5O3/c1-29(20-10-4-2-5-11-20)24(32)13-9-19-34-23-15-14-21-25(28-23)30-18-8-12-22(30)26(33)31(21)17-7-3-6-16-27/h8,12,14-15,18,20H,2-7,9-11,13,17,19H2,1H3. The first-order valence-electron chi connectivity index (χ1n) is 12.4. The topological polar surface area (TPSA) is 92.6 Å². The van der Waals surface area contributed by atoms with Crippen molar-refractivity contribution in [2.75, 3.05) is 13.7 Å². The van der Waals surface area contributed by atoms with Crippen LogP contribution < -0.4 is 10.3 Å². The van der Waals surface area contributed by atoms with Gasteiger partial charge in [-0.25, -0.2) is 0 Å². The fourth-order valence-corrected chi connectivity index (χ4v) is 4.82. The first kappa shape index (κ1) is 23.8. The molecular weight excluding hydrogens is 430 g/mol. The highest BCUT2D eigenvalue weighted by Gasteiger charge is 2.21. The fraction of sp³-hybridized carbons (Fsp3) is 0.538. The van der Waals surface area contributed by atoms with E-state index in [1.54, 1.807) is 21.1 Å². The zero-order valence-corrected chi connectivity index (χ0v) is 19.9. The molecule has 1 aliphatic carbocycles. The Labute approximate surface area is 199 Å². The van der Waals surface area contributed by atoms with Gasteiger partial charge in [-0.1, -0.05) is 19.3 Å². The van der Waals surface area contributed by atoms with E-state index in [0.29, 0.717) is 55.5 Å². The molecule has 0 aromatic carbocycles. The predicted molar refractivity (Wildman–Crippen MR) is 131 cm³/mol. The molecule has 0 unspecified atom stereocenters. The number of amides is 1. The largest absolute Gasteiger partial charge is 0.478 e. The average molecular weight is 464 g/mol. The molecule has 1 fully saturated rings. The molecule has 8 nitrogen and oxygen atoms in total. The number of pyridine rings is 1. The molecule has 0 aliphatic heterocycles. The minimum absolute atomic E-state index is 0.0643. The quantitative estimate of drug-likeness (QED) is 0.418. The number of nitrogens with zero attached hydrogens (tertiary/aromatic N) is 5. The maximum absolute atomic E-state index is 13.0. The van der Waals surface area contributed by atoms with E-state index in [1.165, 1.54) is 19.3 Å². The lowest BCUT2D eigenvalue weighted by Gasteiger charge is -2.31. The summed E-state index contributed by atoms with van der Waals surface area (Å²) in [7, 11) is 1.92. The highest BCUT2D eigenvalue weighted by molar-refractivity contribution is 5.76. The third-order valence-electron chi connectivity index (χ3n) is 6.78. The molecule has 0 atom stereocenters. The summed E-state index contributed by atoms with van der Waals surface area (Å²) < 4.78 is 9.41. The Bertz CT molecular complexity index is 1230. The molecule has 0 saturated heterocycles. The number of aromatic nitrogens is 3. The second kappa shape index (κ2) is 11.2. The number of nitriles is 1. The lowest BCUT2D eigenvalue weighted by atomic mass is 9.94. The summed E-state index contributed by atoms with van der Waals surface area (Å²) in [5, 5.41) is 8.77. The van der Waals surface area contributed by atoms with Crippen LogP contribution in [0.1, 0.15) is 64.2 Å². The molecule has 0 N–H and O–H groups in total. The van der Waals surface area contributed by atoms with Crippen LogP contribution in [0.2, 0.25) is 0 Å². The Kier molecular flexibility index (Phi) is 7.84. The Balaban J connectivity index is 1.42. The van der Waals surface area contributed by atoms with Crippen LogP contribution in [-0.4, -0.2) is 44.5 Å². The van der Waals surface area contributed by atoms with E-state index in [9.17, 15) is 9.59 Å². The van der Waals surface area contributed by atoms with Crippen molar-refractivity contribution in [2.45, 2.75) is 76.8 Å². The molecule has 3 aromatic heterocycles. The lowest BCUT2D eigenvalue weighted by molar-refractivity contribution is -0.132. The number of rotatable bonds is 10. The van der Waals surface area contributed by atoms with E-state index >= 15 is 0 Å². The summed E-state index contributed by atoms with van der Waals surface area (Å²) in [4.78, 5) is 32.1. The molecule has 0 spiro atoms. The summed E-state index contributed by atoms with van der Waals surface area (Å²) in [6, 6.07) is 9.79. The number of aryl methyl sites for hydroxylation is 1. The van der Waals surface area contributed by atoms with Gasteiger partial charge in [0.15, 0.2) is 5.65 Å². The van der Waals surface area contributed by atoms with Crippen LogP contribution >= 0.6 is 0 Å². The third kappa shape index (κ3) is 5.24. The fourth-order valence-electron chi connectivity index (χ4n) is 4.82. The van der Waals surface area contributed by atoms with E-state index in [-0.39, 0.29) is 11.5 Å². The molecule has 180 valence electrons. The van der Waals surface area contributed by atoms with Crippen molar-refractivity contribution >= 4 is 22.6 Å². The van der Waals surface area contributed by atoms with Crippen LogP contribution in [0.5, 0.6) is 5.88 Å². The van der Waals surface area contributed by atoms with Crippen molar-refractivity contribution in [3.63, 3.8) is 0 Å². The van der Waals surface area contributed by atoms with Crippen LogP contribution in [0, 0.1) is 11.3 Å². The van der Waals surface area contributed by atoms with Crippen LogP contribution in [-0.2, 0) is 11.3 Å². The second-order valence-electron chi connectivity index (χ2n) is 9.08. The molecule has 0 radical (unpaired) electrons. The highest BCUT2D eigenvalue weighted by atomic mass is 16.5. The summed E-state index contributed by atoms with van der Waals surface area (Å²) in [5.41, 5.74) is 1.90. The first-order chi connectivity index (χ1) is 16.6. The number of hydrogen-bond donors (Lipinski definition) is 0. The Morgan fingerprint density at radius 2 is 2.00 bits per heavy atom. The van der Waals surface area contributed by atoms with Crippen molar-refractivity contribution in [2.24, 2.45) is 0 Å². The van der Waals surface area contributed by atoms with Gasteiger partial charge in [0.05, 0.1) is 18.2 Å². The van der Waals surface area contributed by atoms with Gasteiger partial charge in [-0.3, -0.25) is 14.0 Å². The van der Waals surface area contributed by atoms with Gasteiger partial charge < -0.3 is 14.2 Å². The minimum atomic E-state index is -0.0643. The van der Waals surface area contributed by atoms with Gasteiger partial charge in [0.1, 0.15) is 5.52 Å². The minimum Gasteiger partial charge on any atom is -0.478 e. The lowest BCUT2D eigenvalue weighted by Crippen LogP contribution is -2.38. The zero-order valence-electron chi connectivity index (χ0n) is 19.9. The molecule has 1 amide bonds. The zero-order chi connectivity index (χ0) is 23.9. The van der Waals surface area contributed by atoms with Crippen LogP contribution in [0.25, 0.3) is 16.7 Å². The average Bonchev–Trinajstić information content (AvgIpc) is 3.37. The first-order valence-corrected chi connectivity index (χ1v) is 12.4. The monoisotopic (exact) mass is 463 g/mol. The van der Waals surface area contributed by atoms with Crippen LogP contribution in [0.4, 0.5) is 0 Å². The van der Waals surface area contributed by atoms with Crippen molar-refractivity contribution in [3.05, 3.63) is 40.8 Å². The molecular formula is C26H33N5O3. The van der Waals surface area contributed by atoms with Gasteiger partial charge in [-0.2, -0.15) is 10.2 Å². The van der Waals surface area contributed by atoms with Gasteiger partial charge in [-0.15, -0.1) is 0 Å². The summed E-state index contributed by atoms with van der Waals surface area (Å²) in [5.74, 6) is 0.654. The van der Waals surface area contributed by atoms with Gasteiger partial charge >= 0.3 is 0 Å². The van der Waals surface area contributed by atoms with E-state index < -0.39 is 0 Å². The van der Waals surface area contributed by atoms with E-state index in [4.69, 9.17) is 10.00 Å². The smallest absolute Gasteiger partial charge is 0.275 e. The second-order valence-corrected chi connectivity index (χ2v) is 9.08. The molecule has 0 bridgehead atoms. The third-order valence-corrected chi connectivity index (χ3v) is 6.78. The molecule has 3 aromatic rings. The van der Waals surface area contributed by atoms with Crippen LogP contribution in [0.15, 0.2) is 35.3 Å². The SMILES string of the molecule is CN(C(=O)CCCOc1ccc2c(n1)n1cccc1c(=O)n2CCCCC#N)C1CCCCC1. The number of carbonyl (C=O) groups is 1. The maximum atomic E-state index is 13.0. The molecule has 1 saturated carbocycles. The summed E-state index contributed by atoms with van der Waals surface area (Å²) >= 11 is 0. The predicted octanol–water partition coefficient (Wildman–Crippen LogP) is 4.29.